The van der Waals surface area contributed by atoms with Crippen LogP contribution < -0.4 is 9.88 Å². The summed E-state index contributed by atoms with van der Waals surface area (Å²) in [6, 6.07) is 15.4. The number of hydrogen-bond acceptors (Lipinski definition) is 6. The van der Waals surface area contributed by atoms with Gasteiger partial charge in [0.25, 0.3) is 5.91 Å². The summed E-state index contributed by atoms with van der Waals surface area (Å²) in [4.78, 5) is 14.9. The van der Waals surface area contributed by atoms with Crippen molar-refractivity contribution in [3.63, 3.8) is 0 Å². The molecule has 32 heavy (non-hydrogen) atoms. The van der Waals surface area contributed by atoms with Gasteiger partial charge in [0, 0.05) is 30.2 Å². The summed E-state index contributed by atoms with van der Waals surface area (Å²) in [6.45, 7) is 3.88. The molecule has 0 saturated carbocycles. The first-order valence-corrected chi connectivity index (χ1v) is 12.9. The van der Waals surface area contributed by atoms with E-state index < -0.39 is 10.0 Å². The Bertz CT molecular complexity index is 1200. The molecule has 1 saturated heterocycles. The molecule has 3 aromatic rings. The van der Waals surface area contributed by atoms with Crippen molar-refractivity contribution in [2.24, 2.45) is 5.14 Å². The minimum absolute atomic E-state index is 0.0122. The van der Waals surface area contributed by atoms with Crippen molar-refractivity contribution in [2.45, 2.75) is 11.8 Å². The summed E-state index contributed by atoms with van der Waals surface area (Å²) >= 11 is 1.83. The Morgan fingerprint density at radius 3 is 2.34 bits per heavy atom. The minimum Gasteiger partial charge on any atom is -0.494 e. The molecule has 0 bridgehead atoms. The number of carbonyl (C=O) groups excluding carboxylic acids is 1. The van der Waals surface area contributed by atoms with Gasteiger partial charge in [0.2, 0.25) is 10.0 Å². The number of aromatic nitrogens is 2. The van der Waals surface area contributed by atoms with E-state index in [1.807, 2.05) is 47.9 Å². The third-order valence-electron chi connectivity index (χ3n) is 5.10. The van der Waals surface area contributed by atoms with Crippen molar-refractivity contribution in [3.05, 3.63) is 60.3 Å². The number of ether oxygens (including phenoxy) is 1. The van der Waals surface area contributed by atoms with E-state index in [4.69, 9.17) is 9.88 Å². The van der Waals surface area contributed by atoms with E-state index in [2.05, 4.69) is 5.10 Å². The molecule has 2 N–H and O–H groups in total. The predicted molar refractivity (Wildman–Crippen MR) is 125 cm³/mol. The summed E-state index contributed by atoms with van der Waals surface area (Å²) in [5.41, 5.74) is 2.53. The first-order valence-electron chi connectivity index (χ1n) is 10.2. The molecule has 1 aliphatic heterocycles. The number of nitrogens with zero attached hydrogens (tertiary/aromatic N) is 3. The average molecular weight is 473 g/mol. The summed E-state index contributed by atoms with van der Waals surface area (Å²) in [7, 11) is -3.80. The fraction of sp³-hybridized carbons (Fsp3) is 0.273. The van der Waals surface area contributed by atoms with Gasteiger partial charge in [0.15, 0.2) is 5.69 Å². The zero-order valence-electron chi connectivity index (χ0n) is 17.6. The van der Waals surface area contributed by atoms with Gasteiger partial charge in [-0.1, -0.05) is 0 Å². The van der Waals surface area contributed by atoms with Crippen LogP contribution in [0.3, 0.4) is 0 Å². The number of primary sulfonamides is 1. The Morgan fingerprint density at radius 2 is 1.75 bits per heavy atom. The minimum atomic E-state index is -3.80. The largest absolute Gasteiger partial charge is 0.494 e. The van der Waals surface area contributed by atoms with Gasteiger partial charge in [0.05, 0.1) is 22.9 Å². The van der Waals surface area contributed by atoms with Gasteiger partial charge < -0.3 is 9.64 Å². The summed E-state index contributed by atoms with van der Waals surface area (Å²) in [6.07, 6.45) is 0. The van der Waals surface area contributed by atoms with Crippen LogP contribution in [-0.4, -0.2) is 60.2 Å². The van der Waals surface area contributed by atoms with Gasteiger partial charge >= 0.3 is 0 Å². The molecule has 8 nitrogen and oxygen atoms in total. The second kappa shape index (κ2) is 9.35. The molecular formula is C22H24N4O4S2. The molecule has 0 spiro atoms. The van der Waals surface area contributed by atoms with Crippen molar-refractivity contribution in [1.29, 1.82) is 0 Å². The molecule has 0 aliphatic carbocycles. The van der Waals surface area contributed by atoms with Gasteiger partial charge in [-0.25, -0.2) is 18.2 Å². The van der Waals surface area contributed by atoms with Gasteiger partial charge in [-0.3, -0.25) is 4.79 Å². The van der Waals surface area contributed by atoms with Gasteiger partial charge in [-0.05, 0) is 61.5 Å². The average Bonchev–Trinajstić information content (AvgIpc) is 3.25. The van der Waals surface area contributed by atoms with Gasteiger partial charge in [-0.15, -0.1) is 0 Å². The highest BCUT2D eigenvalue weighted by atomic mass is 32.2. The first kappa shape index (κ1) is 22.4. The number of hydrogen-bond donors (Lipinski definition) is 1. The maximum Gasteiger partial charge on any atom is 0.274 e. The molecule has 2 aromatic carbocycles. The third-order valence-corrected chi connectivity index (χ3v) is 6.97. The lowest BCUT2D eigenvalue weighted by atomic mass is 10.1. The quantitative estimate of drug-likeness (QED) is 0.591. The van der Waals surface area contributed by atoms with Crippen LogP contribution in [0, 0.1) is 0 Å². The Morgan fingerprint density at radius 1 is 1.09 bits per heavy atom. The molecule has 2 heterocycles. The monoisotopic (exact) mass is 472 g/mol. The number of thioether (sulfide) groups is 1. The number of amides is 1. The number of benzene rings is 2. The normalized spacial score (nSPS) is 14.4. The topological polar surface area (TPSA) is 108 Å². The first-order chi connectivity index (χ1) is 15.4. The van der Waals surface area contributed by atoms with E-state index in [0.717, 1.165) is 22.8 Å². The maximum atomic E-state index is 13.1. The van der Waals surface area contributed by atoms with E-state index in [1.165, 1.54) is 12.1 Å². The third kappa shape index (κ3) is 4.82. The molecule has 1 aliphatic rings. The number of carbonyl (C=O) groups is 1. The standard InChI is InChI=1S/C22H24N4O4S2/c1-2-30-18-7-3-16(4-8-18)21-15-20(22(27)25-11-13-31-14-12-25)24-26(21)17-5-9-19(10-6-17)32(23,28)29/h3-10,15H,2,11-14H2,1H3,(H2,23,28,29). The highest BCUT2D eigenvalue weighted by molar-refractivity contribution is 7.99. The number of sulfonamides is 1. The Kier molecular flexibility index (Phi) is 6.54. The summed E-state index contributed by atoms with van der Waals surface area (Å²) in [5, 5.41) is 9.81. The smallest absolute Gasteiger partial charge is 0.274 e. The molecule has 0 unspecified atom stereocenters. The van der Waals surface area contributed by atoms with Crippen molar-refractivity contribution in [1.82, 2.24) is 14.7 Å². The molecule has 1 fully saturated rings. The SMILES string of the molecule is CCOc1ccc(-c2cc(C(=O)N3CCSCC3)nn2-c2ccc(S(N)(=O)=O)cc2)cc1. The lowest BCUT2D eigenvalue weighted by Gasteiger charge is -2.25. The van der Waals surface area contributed by atoms with Gasteiger partial charge in [0.1, 0.15) is 5.75 Å². The van der Waals surface area contributed by atoms with Crippen LogP contribution in [0.25, 0.3) is 16.9 Å². The predicted octanol–water partition coefficient (Wildman–Crippen LogP) is 2.77. The molecule has 10 heteroatoms. The summed E-state index contributed by atoms with van der Waals surface area (Å²) in [5.74, 6) is 2.46. The summed E-state index contributed by atoms with van der Waals surface area (Å²) < 4.78 is 30.4. The van der Waals surface area contributed by atoms with Crippen LogP contribution in [0.4, 0.5) is 0 Å². The molecule has 1 aromatic heterocycles. The van der Waals surface area contributed by atoms with E-state index in [-0.39, 0.29) is 10.8 Å². The fourth-order valence-electron chi connectivity index (χ4n) is 3.48. The second-order valence-corrected chi connectivity index (χ2v) is 10.0. The van der Waals surface area contributed by atoms with Crippen LogP contribution in [0.1, 0.15) is 17.4 Å². The van der Waals surface area contributed by atoms with Crippen LogP contribution in [0.2, 0.25) is 0 Å². The molecular weight excluding hydrogens is 448 g/mol. The van der Waals surface area contributed by atoms with Gasteiger partial charge in [-0.2, -0.15) is 16.9 Å². The van der Waals surface area contributed by atoms with E-state index in [1.54, 1.807) is 22.9 Å². The van der Waals surface area contributed by atoms with Crippen molar-refractivity contribution < 1.29 is 17.9 Å². The Balaban J connectivity index is 1.76. The second-order valence-electron chi connectivity index (χ2n) is 7.23. The van der Waals surface area contributed by atoms with Crippen LogP contribution in [0.15, 0.2) is 59.5 Å². The van der Waals surface area contributed by atoms with Crippen molar-refractivity contribution in [3.8, 4) is 22.7 Å². The van der Waals surface area contributed by atoms with E-state index in [9.17, 15) is 13.2 Å². The molecule has 168 valence electrons. The van der Waals surface area contributed by atoms with Crippen molar-refractivity contribution >= 4 is 27.7 Å². The molecule has 0 atom stereocenters. The lowest BCUT2D eigenvalue weighted by Crippen LogP contribution is -2.38. The molecule has 0 radical (unpaired) electrons. The van der Waals surface area contributed by atoms with E-state index >= 15 is 0 Å². The Labute approximate surface area is 191 Å². The zero-order chi connectivity index (χ0) is 22.7. The Hall–Kier alpha value is -2.82. The zero-order valence-corrected chi connectivity index (χ0v) is 19.2. The highest BCUT2D eigenvalue weighted by Crippen LogP contribution is 2.27. The number of rotatable bonds is 6. The molecule has 4 rings (SSSR count). The van der Waals surface area contributed by atoms with Crippen molar-refractivity contribution in [2.75, 3.05) is 31.2 Å². The van der Waals surface area contributed by atoms with Crippen LogP contribution in [-0.2, 0) is 10.0 Å². The fourth-order valence-corrected chi connectivity index (χ4v) is 4.90. The van der Waals surface area contributed by atoms with E-state index in [0.29, 0.717) is 36.8 Å². The highest BCUT2D eigenvalue weighted by Gasteiger charge is 2.23. The lowest BCUT2D eigenvalue weighted by molar-refractivity contribution is 0.0766. The number of nitrogens with two attached hydrogens (primary N) is 1. The molecule has 1 amide bonds. The van der Waals surface area contributed by atoms with Crippen LogP contribution >= 0.6 is 11.8 Å². The van der Waals surface area contributed by atoms with Crippen LogP contribution in [0.5, 0.6) is 5.75 Å². The maximum absolute atomic E-state index is 13.1.